The molecule has 2 fully saturated rings. The third kappa shape index (κ3) is 2.79. The zero-order chi connectivity index (χ0) is 21.2. The Kier molecular flexibility index (Phi) is 4.67. The summed E-state index contributed by atoms with van der Waals surface area (Å²) < 4.78 is 0. The maximum absolute atomic E-state index is 12.9. The summed E-state index contributed by atoms with van der Waals surface area (Å²) in [6, 6.07) is 0. The van der Waals surface area contributed by atoms with Crippen molar-refractivity contribution in [2.75, 3.05) is 0 Å². The fourth-order valence-electron chi connectivity index (χ4n) is 6.81. The van der Waals surface area contributed by atoms with Gasteiger partial charge >= 0.3 is 5.97 Å². The quantitative estimate of drug-likeness (QED) is 0.623. The smallest absolute Gasteiger partial charge is 0.306 e. The number of carbonyl (C=O) groups is 3. The first-order valence-electron chi connectivity index (χ1n) is 10.6. The van der Waals surface area contributed by atoms with E-state index in [0.29, 0.717) is 19.3 Å². The molecule has 3 N–H and O–H groups in total. The third-order valence-corrected chi connectivity index (χ3v) is 8.57. The molecule has 158 valence electrons. The largest absolute Gasteiger partial charge is 0.481 e. The van der Waals surface area contributed by atoms with Gasteiger partial charge in [0.15, 0.2) is 11.6 Å². The van der Waals surface area contributed by atoms with E-state index in [9.17, 15) is 24.6 Å². The molecule has 0 aromatic heterocycles. The van der Waals surface area contributed by atoms with E-state index in [-0.39, 0.29) is 29.5 Å². The van der Waals surface area contributed by atoms with Crippen molar-refractivity contribution in [1.82, 2.24) is 0 Å². The van der Waals surface area contributed by atoms with E-state index in [0.717, 1.165) is 19.3 Å². The molecule has 6 heteroatoms. The molecule has 0 amide bonds. The maximum atomic E-state index is 12.9. The molecule has 0 aromatic rings. The van der Waals surface area contributed by atoms with Crippen molar-refractivity contribution in [2.24, 2.45) is 22.7 Å². The van der Waals surface area contributed by atoms with E-state index >= 15 is 0 Å². The minimum Gasteiger partial charge on any atom is -0.481 e. The number of carbonyl (C=O) groups excluding carboxylic acids is 2. The number of hydrogen-bond donors (Lipinski definition) is 3. The van der Waals surface area contributed by atoms with Gasteiger partial charge in [0, 0.05) is 17.3 Å². The van der Waals surface area contributed by atoms with Gasteiger partial charge in [0.2, 0.25) is 0 Å². The lowest BCUT2D eigenvalue weighted by Crippen LogP contribution is -2.57. The lowest BCUT2D eigenvalue weighted by atomic mass is 9.50. The molecule has 0 bridgehead atoms. The molecule has 4 rings (SSSR count). The van der Waals surface area contributed by atoms with Gasteiger partial charge in [-0.3, -0.25) is 14.4 Å². The number of Topliss-reactive ketones (excluding diaryl/α,β-unsaturated/α-hetero) is 1. The Bertz CT molecular complexity index is 840. The van der Waals surface area contributed by atoms with Crippen LogP contribution in [0.3, 0.4) is 0 Å². The highest BCUT2D eigenvalue weighted by atomic mass is 16.4. The first-order valence-corrected chi connectivity index (χ1v) is 10.6. The Morgan fingerprint density at radius 1 is 1.21 bits per heavy atom. The summed E-state index contributed by atoms with van der Waals surface area (Å²) in [7, 11) is 0. The second-order valence-electron chi connectivity index (χ2n) is 9.88. The molecule has 0 aromatic carbocycles. The molecule has 6 nitrogen and oxygen atoms in total. The minimum atomic E-state index is -1.71. The number of aliphatic hydroxyl groups excluding tert-OH is 1. The highest BCUT2D eigenvalue weighted by Crippen LogP contribution is 2.65. The third-order valence-electron chi connectivity index (χ3n) is 8.57. The molecule has 0 radical (unpaired) electrons. The highest BCUT2D eigenvalue weighted by molar-refractivity contribution is 5.94. The summed E-state index contributed by atoms with van der Waals surface area (Å²) in [5.41, 5.74) is -0.00611. The number of rotatable bonds is 4. The molecular formula is C23H30O6. The van der Waals surface area contributed by atoms with Crippen LogP contribution in [0.1, 0.15) is 65.2 Å². The molecule has 0 aliphatic heterocycles. The number of carboxylic acids is 1. The predicted octanol–water partition coefficient (Wildman–Crippen LogP) is 2.57. The topological polar surface area (TPSA) is 112 Å². The van der Waals surface area contributed by atoms with Crippen molar-refractivity contribution < 1.29 is 29.7 Å². The van der Waals surface area contributed by atoms with E-state index < -0.39 is 35.3 Å². The molecule has 0 saturated heterocycles. The van der Waals surface area contributed by atoms with Crippen LogP contribution >= 0.6 is 0 Å². The number of ketones is 2. The molecule has 6 atom stereocenters. The number of aliphatic carboxylic acids is 1. The maximum Gasteiger partial charge on any atom is 0.306 e. The molecular weight excluding hydrogens is 372 g/mol. The van der Waals surface area contributed by atoms with Gasteiger partial charge in [-0.2, -0.15) is 0 Å². The zero-order valence-corrected chi connectivity index (χ0v) is 17.1. The summed E-state index contributed by atoms with van der Waals surface area (Å²) in [5, 5.41) is 30.5. The number of aliphatic hydroxyl groups is 2. The summed E-state index contributed by atoms with van der Waals surface area (Å²) >= 11 is 0. The van der Waals surface area contributed by atoms with E-state index in [4.69, 9.17) is 5.11 Å². The Hall–Kier alpha value is -1.79. The summed E-state index contributed by atoms with van der Waals surface area (Å²) in [4.78, 5) is 35.8. The van der Waals surface area contributed by atoms with Crippen molar-refractivity contribution in [3.8, 4) is 0 Å². The van der Waals surface area contributed by atoms with Crippen LogP contribution in [-0.2, 0) is 14.4 Å². The van der Waals surface area contributed by atoms with E-state index in [1.54, 1.807) is 0 Å². The summed E-state index contributed by atoms with van der Waals surface area (Å²) in [5.74, 6) is -1.48. The fraction of sp³-hybridized carbons (Fsp3) is 0.696. The second-order valence-corrected chi connectivity index (χ2v) is 9.88. The normalized spacial score (nSPS) is 42.1. The average Bonchev–Trinajstić information content (AvgIpc) is 2.93. The summed E-state index contributed by atoms with van der Waals surface area (Å²) in [6.45, 7) is 4.14. The molecule has 2 saturated carbocycles. The standard InChI is InChI=1S/C23H30O6/c1-21-8-5-14(24)11-13(21)3-4-15-16(21)6-9-22(2)17(15)7-10-23(22,29)20(28)18(25)12-19(26)27/h6,11,15,17-18,25,29H,3-5,7-10,12H2,1-2H3,(H,26,27)/t15-,17+,18+,21+,22+,23+/m1/s1. The predicted molar refractivity (Wildman–Crippen MR) is 105 cm³/mol. The Morgan fingerprint density at radius 2 is 1.93 bits per heavy atom. The van der Waals surface area contributed by atoms with Crippen molar-refractivity contribution >= 4 is 17.5 Å². The van der Waals surface area contributed by atoms with Crippen molar-refractivity contribution in [2.45, 2.75) is 76.9 Å². The average molecular weight is 402 g/mol. The van der Waals surface area contributed by atoms with Gasteiger partial charge in [0.05, 0.1) is 6.42 Å². The Labute approximate surface area is 170 Å². The number of hydrogen-bond acceptors (Lipinski definition) is 5. The monoisotopic (exact) mass is 402 g/mol. The van der Waals surface area contributed by atoms with E-state index in [2.05, 4.69) is 13.0 Å². The molecule has 0 heterocycles. The van der Waals surface area contributed by atoms with Crippen molar-refractivity contribution in [1.29, 1.82) is 0 Å². The molecule has 4 aliphatic carbocycles. The second kappa shape index (κ2) is 6.61. The molecule has 29 heavy (non-hydrogen) atoms. The fourth-order valence-corrected chi connectivity index (χ4v) is 6.81. The van der Waals surface area contributed by atoms with Crippen molar-refractivity contribution in [3.05, 3.63) is 23.3 Å². The van der Waals surface area contributed by atoms with Crippen LogP contribution in [0.25, 0.3) is 0 Å². The Balaban J connectivity index is 1.68. The van der Waals surface area contributed by atoms with E-state index in [1.165, 1.54) is 11.1 Å². The molecule has 4 aliphatic rings. The highest BCUT2D eigenvalue weighted by Gasteiger charge is 2.65. The van der Waals surface area contributed by atoms with Crippen LogP contribution in [0.15, 0.2) is 23.3 Å². The van der Waals surface area contributed by atoms with Gasteiger partial charge in [0.1, 0.15) is 11.7 Å². The van der Waals surface area contributed by atoms with Crippen LogP contribution in [0.5, 0.6) is 0 Å². The van der Waals surface area contributed by atoms with Gasteiger partial charge in [-0.25, -0.2) is 0 Å². The number of allylic oxidation sites excluding steroid dienone is 4. The minimum absolute atomic E-state index is 0.101. The van der Waals surface area contributed by atoms with Crippen LogP contribution in [0.4, 0.5) is 0 Å². The lowest BCUT2D eigenvalue weighted by molar-refractivity contribution is -0.164. The van der Waals surface area contributed by atoms with Gasteiger partial charge in [-0.1, -0.05) is 31.1 Å². The van der Waals surface area contributed by atoms with Crippen LogP contribution < -0.4 is 0 Å². The van der Waals surface area contributed by atoms with Gasteiger partial charge in [0.25, 0.3) is 0 Å². The lowest BCUT2D eigenvalue weighted by Gasteiger charge is -2.54. The number of carboxylic acid groups (broad SMARTS) is 1. The van der Waals surface area contributed by atoms with Gasteiger partial charge in [-0.15, -0.1) is 0 Å². The van der Waals surface area contributed by atoms with Crippen LogP contribution in [0.2, 0.25) is 0 Å². The van der Waals surface area contributed by atoms with Crippen LogP contribution in [-0.4, -0.2) is 44.6 Å². The first-order chi connectivity index (χ1) is 13.5. The van der Waals surface area contributed by atoms with Crippen LogP contribution in [0, 0.1) is 22.7 Å². The van der Waals surface area contributed by atoms with E-state index in [1.807, 2.05) is 13.0 Å². The Morgan fingerprint density at radius 3 is 2.62 bits per heavy atom. The van der Waals surface area contributed by atoms with Gasteiger partial charge in [-0.05, 0) is 56.4 Å². The SMILES string of the molecule is C[C@]12CCC(=O)C=C1CC[C@@H]1C2=CC[C@@]2(C)[C@H]1CC[C@]2(O)C(=O)[C@@H](O)CC(=O)O. The van der Waals surface area contributed by atoms with Gasteiger partial charge < -0.3 is 15.3 Å². The first kappa shape index (κ1) is 20.5. The number of fused-ring (bicyclic) bond motifs is 5. The van der Waals surface area contributed by atoms with Crippen molar-refractivity contribution in [3.63, 3.8) is 0 Å². The molecule has 0 spiro atoms. The summed E-state index contributed by atoms with van der Waals surface area (Å²) in [6.07, 6.45) is 6.15. The molecule has 0 unspecified atom stereocenters. The zero-order valence-electron chi connectivity index (χ0n) is 17.1.